The fourth-order valence-corrected chi connectivity index (χ4v) is 5.66. The standard InChI is InChI=1S/C28H36N6O2/c1-19-30-20(2)34(32-19)26-7-3-5-23(15-26)24(16-27(35)36)18-33-14-12-21(17-33)8-10-25-11-9-22-6-4-13-29-28(22)31-25/h3,5,7,9,11,15,21,24H,4,6,8,10,12-14,16-18H2,1-2H3,(H,29,31)(H,35,36)/t21-,24+/m1/s1. The van der Waals surface area contributed by atoms with Gasteiger partial charge in [0, 0.05) is 31.2 Å². The van der Waals surface area contributed by atoms with E-state index in [4.69, 9.17) is 4.98 Å². The second-order valence-electron chi connectivity index (χ2n) is 10.3. The molecule has 0 unspecified atom stereocenters. The Kier molecular flexibility index (Phi) is 7.32. The molecule has 0 bridgehead atoms. The van der Waals surface area contributed by atoms with Crippen molar-refractivity contribution in [2.75, 3.05) is 31.5 Å². The lowest BCUT2D eigenvalue weighted by molar-refractivity contribution is -0.137. The molecule has 3 aromatic rings. The highest BCUT2D eigenvalue weighted by Crippen LogP contribution is 2.29. The minimum atomic E-state index is -0.763. The van der Waals surface area contributed by atoms with Gasteiger partial charge in [-0.25, -0.2) is 14.6 Å². The molecule has 2 aromatic heterocycles. The number of carboxylic acids is 1. The molecular formula is C28H36N6O2. The van der Waals surface area contributed by atoms with E-state index in [1.807, 2.05) is 36.7 Å². The van der Waals surface area contributed by atoms with E-state index in [2.05, 4.69) is 38.5 Å². The average Bonchev–Trinajstić information content (AvgIpc) is 3.47. The molecule has 8 nitrogen and oxygen atoms in total. The Morgan fingerprint density at radius 2 is 2.11 bits per heavy atom. The third-order valence-corrected chi connectivity index (χ3v) is 7.49. The summed E-state index contributed by atoms with van der Waals surface area (Å²) in [5.74, 6) is 2.41. The summed E-state index contributed by atoms with van der Waals surface area (Å²) in [4.78, 5) is 23.4. The van der Waals surface area contributed by atoms with Crippen molar-refractivity contribution in [3.8, 4) is 5.69 Å². The normalized spacial score (nSPS) is 18.6. The van der Waals surface area contributed by atoms with E-state index in [9.17, 15) is 9.90 Å². The van der Waals surface area contributed by atoms with Crippen molar-refractivity contribution in [3.05, 3.63) is 64.9 Å². The van der Waals surface area contributed by atoms with Crippen molar-refractivity contribution in [2.45, 2.75) is 58.3 Å². The number of rotatable bonds is 9. The summed E-state index contributed by atoms with van der Waals surface area (Å²) < 4.78 is 1.83. The predicted molar refractivity (Wildman–Crippen MR) is 140 cm³/mol. The van der Waals surface area contributed by atoms with Gasteiger partial charge in [0.05, 0.1) is 12.1 Å². The van der Waals surface area contributed by atoms with Crippen LogP contribution < -0.4 is 5.32 Å². The number of benzene rings is 1. The number of aryl methyl sites for hydroxylation is 4. The smallest absolute Gasteiger partial charge is 0.304 e. The third kappa shape index (κ3) is 5.75. The molecule has 8 heteroatoms. The van der Waals surface area contributed by atoms with Crippen LogP contribution in [0.15, 0.2) is 36.4 Å². The molecule has 2 N–H and O–H groups in total. The van der Waals surface area contributed by atoms with Crippen LogP contribution in [0.4, 0.5) is 5.82 Å². The quantitative estimate of drug-likeness (QED) is 0.467. The van der Waals surface area contributed by atoms with Crippen LogP contribution in [0.25, 0.3) is 5.69 Å². The lowest BCUT2D eigenvalue weighted by Gasteiger charge is -2.24. The molecule has 0 saturated carbocycles. The summed E-state index contributed by atoms with van der Waals surface area (Å²) in [6.45, 7) is 7.61. The summed E-state index contributed by atoms with van der Waals surface area (Å²) in [6, 6.07) is 12.5. The zero-order chi connectivity index (χ0) is 25.1. The number of pyridine rings is 1. The molecule has 190 valence electrons. The number of hydrogen-bond acceptors (Lipinski definition) is 6. The first-order valence-electron chi connectivity index (χ1n) is 13.1. The van der Waals surface area contributed by atoms with Crippen molar-refractivity contribution in [2.24, 2.45) is 5.92 Å². The maximum absolute atomic E-state index is 11.7. The van der Waals surface area contributed by atoms with Crippen LogP contribution in [0.2, 0.25) is 0 Å². The zero-order valence-corrected chi connectivity index (χ0v) is 21.3. The van der Waals surface area contributed by atoms with Crippen LogP contribution in [0.1, 0.15) is 60.1 Å². The fourth-order valence-electron chi connectivity index (χ4n) is 5.66. The molecule has 1 saturated heterocycles. The highest BCUT2D eigenvalue weighted by Gasteiger charge is 2.27. The van der Waals surface area contributed by atoms with Gasteiger partial charge >= 0.3 is 5.97 Å². The van der Waals surface area contributed by atoms with Crippen molar-refractivity contribution < 1.29 is 9.90 Å². The molecule has 0 aliphatic carbocycles. The van der Waals surface area contributed by atoms with E-state index in [0.29, 0.717) is 5.92 Å². The lowest BCUT2D eigenvalue weighted by atomic mass is 9.94. The number of likely N-dealkylation sites (tertiary alicyclic amines) is 1. The van der Waals surface area contributed by atoms with Crippen LogP contribution >= 0.6 is 0 Å². The number of aromatic nitrogens is 4. The summed E-state index contributed by atoms with van der Waals surface area (Å²) in [6.07, 6.45) is 5.67. The number of nitrogens with one attached hydrogen (secondary N) is 1. The summed E-state index contributed by atoms with van der Waals surface area (Å²) in [5.41, 5.74) is 4.46. The highest BCUT2D eigenvalue weighted by atomic mass is 16.4. The van der Waals surface area contributed by atoms with Gasteiger partial charge in [-0.1, -0.05) is 18.2 Å². The molecule has 0 spiro atoms. The van der Waals surface area contributed by atoms with Crippen LogP contribution in [-0.4, -0.2) is 61.9 Å². The van der Waals surface area contributed by atoms with Gasteiger partial charge in [-0.15, -0.1) is 0 Å². The maximum Gasteiger partial charge on any atom is 0.304 e. The van der Waals surface area contributed by atoms with Gasteiger partial charge < -0.3 is 15.3 Å². The molecule has 0 radical (unpaired) electrons. The van der Waals surface area contributed by atoms with Gasteiger partial charge in [-0.3, -0.25) is 4.79 Å². The zero-order valence-electron chi connectivity index (χ0n) is 21.3. The van der Waals surface area contributed by atoms with Crippen LogP contribution in [0.3, 0.4) is 0 Å². The number of anilines is 1. The van der Waals surface area contributed by atoms with Gasteiger partial charge in [-0.05, 0) is 87.7 Å². The van der Waals surface area contributed by atoms with Crippen molar-refractivity contribution in [1.29, 1.82) is 0 Å². The Morgan fingerprint density at radius 3 is 2.92 bits per heavy atom. The molecule has 2 atom stereocenters. The largest absolute Gasteiger partial charge is 0.481 e. The molecule has 2 aliphatic rings. The Bertz CT molecular complexity index is 1220. The number of nitrogens with zero attached hydrogens (tertiary/aromatic N) is 5. The van der Waals surface area contributed by atoms with Crippen molar-refractivity contribution >= 4 is 11.8 Å². The number of fused-ring (bicyclic) bond motifs is 1. The van der Waals surface area contributed by atoms with Gasteiger partial charge in [-0.2, -0.15) is 5.10 Å². The van der Waals surface area contributed by atoms with Crippen LogP contribution in [0, 0.1) is 19.8 Å². The first-order chi connectivity index (χ1) is 17.4. The van der Waals surface area contributed by atoms with Gasteiger partial charge in [0.15, 0.2) is 0 Å². The Labute approximate surface area is 212 Å². The van der Waals surface area contributed by atoms with Crippen molar-refractivity contribution in [1.82, 2.24) is 24.6 Å². The Balaban J connectivity index is 1.21. The van der Waals surface area contributed by atoms with Gasteiger partial charge in [0.2, 0.25) is 0 Å². The number of aliphatic carboxylic acids is 1. The van der Waals surface area contributed by atoms with Crippen molar-refractivity contribution in [3.63, 3.8) is 0 Å². The molecule has 0 amide bonds. The summed E-state index contributed by atoms with van der Waals surface area (Å²) >= 11 is 0. The predicted octanol–water partition coefficient (Wildman–Crippen LogP) is 4.15. The minimum Gasteiger partial charge on any atom is -0.481 e. The molecule has 2 aliphatic heterocycles. The van der Waals surface area contributed by atoms with Crippen LogP contribution in [-0.2, 0) is 17.6 Å². The topological polar surface area (TPSA) is 96.2 Å². The molecule has 5 rings (SSSR count). The monoisotopic (exact) mass is 488 g/mol. The first-order valence-corrected chi connectivity index (χ1v) is 13.1. The van der Waals surface area contributed by atoms with E-state index in [-0.39, 0.29) is 12.3 Å². The second kappa shape index (κ2) is 10.8. The SMILES string of the molecule is Cc1nc(C)n(-c2cccc([C@@H](CC(=O)O)CN3CC[C@@H](CCc4ccc5c(n4)NCCC5)C3)c2)n1. The Hall–Kier alpha value is -3.26. The van der Waals surface area contributed by atoms with E-state index < -0.39 is 5.97 Å². The third-order valence-electron chi connectivity index (χ3n) is 7.49. The number of hydrogen-bond donors (Lipinski definition) is 2. The first kappa shape index (κ1) is 24.4. The highest BCUT2D eigenvalue weighted by molar-refractivity contribution is 5.68. The average molecular weight is 489 g/mol. The summed E-state index contributed by atoms with van der Waals surface area (Å²) in [7, 11) is 0. The van der Waals surface area contributed by atoms with E-state index in [1.165, 1.54) is 17.7 Å². The van der Waals surface area contributed by atoms with Crippen LogP contribution in [0.5, 0.6) is 0 Å². The van der Waals surface area contributed by atoms with Gasteiger partial charge in [0.25, 0.3) is 0 Å². The molecule has 1 fully saturated rings. The Morgan fingerprint density at radius 1 is 1.22 bits per heavy atom. The summed E-state index contributed by atoms with van der Waals surface area (Å²) in [5, 5.41) is 17.6. The molecular weight excluding hydrogens is 452 g/mol. The molecule has 1 aromatic carbocycles. The number of carbonyl (C=O) groups is 1. The van der Waals surface area contributed by atoms with Gasteiger partial charge in [0.1, 0.15) is 17.5 Å². The fraction of sp³-hybridized carbons (Fsp3) is 0.500. The van der Waals surface area contributed by atoms with E-state index in [1.54, 1.807) is 0 Å². The minimum absolute atomic E-state index is 0.0699. The number of carboxylic acid groups (broad SMARTS) is 1. The maximum atomic E-state index is 11.7. The van der Waals surface area contributed by atoms with E-state index in [0.717, 1.165) is 80.6 Å². The molecule has 4 heterocycles. The molecule has 36 heavy (non-hydrogen) atoms. The lowest BCUT2D eigenvalue weighted by Crippen LogP contribution is -2.28. The van der Waals surface area contributed by atoms with E-state index >= 15 is 0 Å². The second-order valence-corrected chi connectivity index (χ2v) is 10.3.